The van der Waals surface area contributed by atoms with Crippen LogP contribution in [0.1, 0.15) is 5.56 Å². The zero-order valence-corrected chi connectivity index (χ0v) is 14.7. The molecule has 2 heterocycles. The molecular formula is C20H20N6O. The van der Waals surface area contributed by atoms with E-state index in [1.54, 1.807) is 18.5 Å². The molecule has 0 spiro atoms. The van der Waals surface area contributed by atoms with Crippen LogP contribution in [0.4, 0.5) is 17.3 Å². The number of benzene rings is 1. The summed E-state index contributed by atoms with van der Waals surface area (Å²) in [6.45, 7) is 1.03. The molecule has 0 saturated carbocycles. The molecule has 136 valence electrons. The number of anilines is 3. The standard InChI is InChI=1S/C20H20N6O/c27-20(11-8-16-5-2-1-3-6-16)23-14-13-22-18-9-10-19(26-25-18)24-17-7-4-12-21-15-17/h1-12,15H,13-14H2,(H,22,25)(H,23,27)(H,24,26)/b11-8+. The molecule has 0 fully saturated rings. The van der Waals surface area contributed by atoms with E-state index >= 15 is 0 Å². The zero-order chi connectivity index (χ0) is 18.7. The van der Waals surface area contributed by atoms with Crippen molar-refractivity contribution >= 4 is 29.3 Å². The minimum Gasteiger partial charge on any atom is -0.367 e. The van der Waals surface area contributed by atoms with Gasteiger partial charge in [0.2, 0.25) is 5.91 Å². The first kappa shape index (κ1) is 18.1. The van der Waals surface area contributed by atoms with Crippen molar-refractivity contribution in [1.82, 2.24) is 20.5 Å². The van der Waals surface area contributed by atoms with E-state index in [0.29, 0.717) is 24.7 Å². The summed E-state index contributed by atoms with van der Waals surface area (Å²) in [5.41, 5.74) is 1.83. The molecule has 3 rings (SSSR count). The van der Waals surface area contributed by atoms with Gasteiger partial charge in [-0.05, 0) is 35.9 Å². The predicted octanol–water partition coefficient (Wildman–Crippen LogP) is 2.86. The van der Waals surface area contributed by atoms with E-state index in [0.717, 1.165) is 11.3 Å². The van der Waals surface area contributed by atoms with E-state index in [-0.39, 0.29) is 5.91 Å². The minimum absolute atomic E-state index is 0.136. The van der Waals surface area contributed by atoms with Gasteiger partial charge in [-0.15, -0.1) is 10.2 Å². The fourth-order valence-electron chi connectivity index (χ4n) is 2.25. The normalized spacial score (nSPS) is 10.5. The largest absolute Gasteiger partial charge is 0.367 e. The van der Waals surface area contributed by atoms with Gasteiger partial charge >= 0.3 is 0 Å². The van der Waals surface area contributed by atoms with Crippen LogP contribution < -0.4 is 16.0 Å². The van der Waals surface area contributed by atoms with Crippen LogP contribution in [0.15, 0.2) is 73.1 Å². The summed E-state index contributed by atoms with van der Waals surface area (Å²) in [4.78, 5) is 15.8. The maximum atomic E-state index is 11.8. The first-order valence-corrected chi connectivity index (χ1v) is 8.55. The Bertz CT molecular complexity index is 866. The summed E-state index contributed by atoms with van der Waals surface area (Å²) in [6, 6.07) is 17.1. The number of hydrogen-bond donors (Lipinski definition) is 3. The smallest absolute Gasteiger partial charge is 0.244 e. The molecule has 0 atom stereocenters. The lowest BCUT2D eigenvalue weighted by atomic mass is 10.2. The summed E-state index contributed by atoms with van der Waals surface area (Å²) in [5.74, 6) is 1.14. The van der Waals surface area contributed by atoms with Gasteiger partial charge in [-0.25, -0.2) is 0 Å². The topological polar surface area (TPSA) is 91.8 Å². The highest BCUT2D eigenvalue weighted by atomic mass is 16.1. The Morgan fingerprint density at radius 3 is 2.48 bits per heavy atom. The molecule has 0 saturated heterocycles. The molecule has 7 nitrogen and oxygen atoms in total. The fourth-order valence-corrected chi connectivity index (χ4v) is 2.25. The molecule has 1 amide bonds. The van der Waals surface area contributed by atoms with Gasteiger partial charge in [0.25, 0.3) is 0 Å². The van der Waals surface area contributed by atoms with E-state index < -0.39 is 0 Å². The van der Waals surface area contributed by atoms with Crippen LogP contribution in [-0.4, -0.2) is 34.2 Å². The Morgan fingerprint density at radius 1 is 0.926 bits per heavy atom. The molecule has 0 aliphatic carbocycles. The van der Waals surface area contributed by atoms with Crippen molar-refractivity contribution in [2.75, 3.05) is 23.7 Å². The Morgan fingerprint density at radius 2 is 1.74 bits per heavy atom. The summed E-state index contributed by atoms with van der Waals surface area (Å²) < 4.78 is 0. The molecule has 0 unspecified atom stereocenters. The molecule has 0 aliphatic heterocycles. The van der Waals surface area contributed by atoms with Gasteiger partial charge in [0, 0.05) is 25.4 Å². The van der Waals surface area contributed by atoms with Crippen molar-refractivity contribution in [3.05, 3.63) is 78.6 Å². The van der Waals surface area contributed by atoms with Crippen LogP contribution in [0, 0.1) is 0 Å². The van der Waals surface area contributed by atoms with Crippen LogP contribution in [0.25, 0.3) is 6.08 Å². The Balaban J connectivity index is 1.37. The van der Waals surface area contributed by atoms with Gasteiger partial charge in [0.1, 0.15) is 5.82 Å². The summed E-state index contributed by atoms with van der Waals surface area (Å²) >= 11 is 0. The lowest BCUT2D eigenvalue weighted by Crippen LogP contribution is -2.27. The molecule has 27 heavy (non-hydrogen) atoms. The van der Waals surface area contributed by atoms with Gasteiger partial charge < -0.3 is 16.0 Å². The molecule has 0 bridgehead atoms. The number of hydrogen-bond acceptors (Lipinski definition) is 6. The predicted molar refractivity (Wildman–Crippen MR) is 107 cm³/mol. The SMILES string of the molecule is O=C(/C=C/c1ccccc1)NCCNc1ccc(Nc2cccnc2)nn1. The maximum absolute atomic E-state index is 11.8. The molecule has 2 aromatic heterocycles. The van der Waals surface area contributed by atoms with Crippen molar-refractivity contribution in [2.24, 2.45) is 0 Å². The van der Waals surface area contributed by atoms with Crippen LogP contribution in [0.3, 0.4) is 0 Å². The first-order chi connectivity index (χ1) is 13.3. The molecule has 3 aromatic rings. The number of nitrogens with zero attached hydrogens (tertiary/aromatic N) is 3. The minimum atomic E-state index is -0.136. The van der Waals surface area contributed by atoms with Gasteiger partial charge in [0.05, 0.1) is 11.9 Å². The van der Waals surface area contributed by atoms with Crippen molar-refractivity contribution in [1.29, 1.82) is 0 Å². The third kappa shape index (κ3) is 6.24. The number of pyridine rings is 1. The first-order valence-electron chi connectivity index (χ1n) is 8.55. The van der Waals surface area contributed by atoms with Crippen molar-refractivity contribution in [3.8, 4) is 0 Å². The second-order valence-corrected chi connectivity index (χ2v) is 5.63. The molecule has 1 aromatic carbocycles. The highest BCUT2D eigenvalue weighted by Gasteiger charge is 1.99. The quantitative estimate of drug-likeness (QED) is 0.423. The second-order valence-electron chi connectivity index (χ2n) is 5.63. The Hall–Kier alpha value is -3.74. The van der Waals surface area contributed by atoms with Crippen molar-refractivity contribution in [3.63, 3.8) is 0 Å². The summed E-state index contributed by atoms with van der Waals surface area (Å²) in [7, 11) is 0. The lowest BCUT2D eigenvalue weighted by Gasteiger charge is -2.07. The molecule has 3 N–H and O–H groups in total. The van der Waals surface area contributed by atoms with Crippen molar-refractivity contribution in [2.45, 2.75) is 0 Å². The van der Waals surface area contributed by atoms with E-state index in [2.05, 4.69) is 31.1 Å². The maximum Gasteiger partial charge on any atom is 0.244 e. The molecular weight excluding hydrogens is 340 g/mol. The van der Waals surface area contributed by atoms with Crippen LogP contribution in [-0.2, 0) is 4.79 Å². The second kappa shape index (κ2) is 9.67. The van der Waals surface area contributed by atoms with Crippen molar-refractivity contribution < 1.29 is 4.79 Å². The molecule has 7 heteroatoms. The highest BCUT2D eigenvalue weighted by Crippen LogP contribution is 2.12. The average Bonchev–Trinajstić information content (AvgIpc) is 2.72. The summed E-state index contributed by atoms with van der Waals surface area (Å²) in [6.07, 6.45) is 6.72. The number of amides is 1. The monoisotopic (exact) mass is 360 g/mol. The van der Waals surface area contributed by atoms with Crippen LogP contribution in [0.2, 0.25) is 0 Å². The third-order valence-corrected chi connectivity index (χ3v) is 3.56. The van der Waals surface area contributed by atoms with Gasteiger partial charge in [-0.1, -0.05) is 30.3 Å². The Labute approximate surface area is 157 Å². The third-order valence-electron chi connectivity index (χ3n) is 3.56. The number of carbonyl (C=O) groups excluding carboxylic acids is 1. The van der Waals surface area contributed by atoms with Gasteiger partial charge in [-0.2, -0.15) is 0 Å². The Kier molecular flexibility index (Phi) is 6.47. The lowest BCUT2D eigenvalue weighted by molar-refractivity contribution is -0.116. The highest BCUT2D eigenvalue weighted by molar-refractivity contribution is 5.91. The number of aromatic nitrogens is 3. The number of nitrogens with one attached hydrogen (secondary N) is 3. The van der Waals surface area contributed by atoms with Crippen LogP contribution >= 0.6 is 0 Å². The fraction of sp³-hybridized carbons (Fsp3) is 0.100. The van der Waals surface area contributed by atoms with Gasteiger partial charge in [-0.3, -0.25) is 9.78 Å². The van der Waals surface area contributed by atoms with E-state index in [1.807, 2.05) is 54.6 Å². The molecule has 0 aliphatic rings. The summed E-state index contributed by atoms with van der Waals surface area (Å²) in [5, 5.41) is 17.2. The average molecular weight is 360 g/mol. The van der Waals surface area contributed by atoms with Gasteiger partial charge in [0.15, 0.2) is 5.82 Å². The molecule has 0 radical (unpaired) electrons. The van der Waals surface area contributed by atoms with E-state index in [9.17, 15) is 4.79 Å². The zero-order valence-electron chi connectivity index (χ0n) is 14.7. The van der Waals surface area contributed by atoms with Crippen LogP contribution in [0.5, 0.6) is 0 Å². The number of carbonyl (C=O) groups is 1. The number of rotatable bonds is 8. The van der Waals surface area contributed by atoms with E-state index in [1.165, 1.54) is 6.08 Å². The van der Waals surface area contributed by atoms with E-state index in [4.69, 9.17) is 0 Å².